The van der Waals surface area contributed by atoms with Gasteiger partial charge in [-0.2, -0.15) is 63.1 Å². The number of alkyl halides is 11. The Bertz CT molecular complexity index is 2260. The Morgan fingerprint density at radius 1 is 0.625 bits per heavy atom. The van der Waals surface area contributed by atoms with E-state index in [1.165, 1.54) is 31.2 Å². The van der Waals surface area contributed by atoms with Gasteiger partial charge in [-0.3, -0.25) is 0 Å². The zero-order chi connectivity index (χ0) is 39.6. The van der Waals surface area contributed by atoms with Crippen LogP contribution in [0.4, 0.5) is 52.7 Å². The number of aromatic nitrogens is 10. The van der Waals surface area contributed by atoms with Gasteiger partial charge in [0.05, 0.1) is 18.0 Å². The van der Waals surface area contributed by atoms with E-state index in [4.69, 9.17) is 11.6 Å². The van der Waals surface area contributed by atoms with Crippen molar-refractivity contribution >= 4 is 22.9 Å². The molecule has 0 spiro atoms. The molecule has 0 amide bonds. The number of hydrogen-bond donors (Lipinski definition) is 0. The average Bonchev–Trinajstić information content (AvgIpc) is 3.71. The van der Waals surface area contributed by atoms with E-state index in [0.717, 1.165) is 29.0 Å². The van der Waals surface area contributed by atoms with Gasteiger partial charge >= 0.3 is 23.8 Å². The van der Waals surface area contributed by atoms with Crippen molar-refractivity contribution in [2.24, 2.45) is 0 Å². The highest BCUT2D eigenvalue weighted by molar-refractivity contribution is 6.21. The summed E-state index contributed by atoms with van der Waals surface area (Å²) >= 11 is 4.92. The number of hydrogen-bond acceptors (Lipinski definition) is 11. The van der Waals surface area contributed by atoms with Crippen molar-refractivity contribution in [3.05, 3.63) is 72.1 Å². The quantitative estimate of drug-likeness (QED) is 0.0975. The monoisotopic (exact) mass is 836 g/mol. The van der Waals surface area contributed by atoms with E-state index < -0.39 is 72.1 Å². The van der Waals surface area contributed by atoms with Crippen molar-refractivity contribution < 1.29 is 66.9 Å². The molecule has 13 nitrogen and oxygen atoms in total. The topological polar surface area (TPSA) is 140 Å². The summed E-state index contributed by atoms with van der Waals surface area (Å²) in [5.41, 5.74) is -0.0679. The molecule has 0 unspecified atom stereocenters. The second-order valence-electron chi connectivity index (χ2n) is 10.3. The lowest BCUT2D eigenvalue weighted by Gasteiger charge is -2.13. The molecule has 0 atom stereocenters. The summed E-state index contributed by atoms with van der Waals surface area (Å²) in [5, 5.41) is 17.5. The minimum atomic E-state index is -4.66. The molecule has 0 aliphatic carbocycles. The smallest absolute Gasteiger partial charge is 0.422 e. The van der Waals surface area contributed by atoms with Crippen LogP contribution in [0.3, 0.4) is 0 Å². The molecule has 0 N–H and O–H groups in total. The fraction of sp³-hybridized carbons (Fsp3) is 0.333. The maximum Gasteiger partial charge on any atom is 0.422 e. The van der Waals surface area contributed by atoms with Crippen molar-refractivity contribution in [1.82, 2.24) is 49.6 Å². The first-order valence-electron chi connectivity index (χ1n) is 14.4. The highest BCUT2D eigenvalue weighted by atomic mass is 35.5. The lowest BCUT2D eigenvalue weighted by Crippen LogP contribution is -2.22. The van der Waals surface area contributed by atoms with Crippen molar-refractivity contribution in [2.75, 3.05) is 19.8 Å². The maximum atomic E-state index is 14.0. The van der Waals surface area contributed by atoms with Gasteiger partial charge in [-0.1, -0.05) is 14.9 Å². The van der Waals surface area contributed by atoms with Crippen LogP contribution in [0.5, 0.6) is 11.8 Å². The first kappa shape index (κ1) is 44.8. The Kier molecular flexibility index (Phi) is 13.6. The molecule has 6 rings (SSSR count). The summed E-state index contributed by atoms with van der Waals surface area (Å²) in [6.45, 7) is -2.35. The normalized spacial score (nSPS) is 12.1. The van der Waals surface area contributed by atoms with Gasteiger partial charge < -0.3 is 14.2 Å². The fourth-order valence-electron chi connectivity index (χ4n) is 4.13. The Hall–Kier alpha value is -5.59. The van der Waals surface area contributed by atoms with Crippen molar-refractivity contribution in [2.45, 2.75) is 45.6 Å². The molecule has 0 saturated carbocycles. The van der Waals surface area contributed by atoms with Crippen LogP contribution in [-0.4, -0.2) is 81.8 Å². The van der Waals surface area contributed by atoms with Crippen LogP contribution >= 0.6 is 11.6 Å². The number of pyridine rings is 2. The van der Waals surface area contributed by atoms with Crippen molar-refractivity contribution in [3.63, 3.8) is 0 Å². The lowest BCUT2D eigenvalue weighted by molar-refractivity contribution is -0.252. The van der Waals surface area contributed by atoms with Crippen LogP contribution in [-0.2, 0) is 16.2 Å². The highest BCUT2D eigenvalue weighted by Crippen LogP contribution is 2.32. The minimum Gasteiger partial charge on any atom is -0.466 e. The Balaban J connectivity index is 0.000000291. The molecule has 0 fully saturated rings. The first-order valence-corrected chi connectivity index (χ1v) is 14.8. The molecule has 0 bridgehead atoms. The van der Waals surface area contributed by atoms with E-state index in [-0.39, 0.29) is 55.3 Å². The SMILES string of the molecule is C.C.CCOC(F)(F)c1nnc2ccc(-c3cnc(OCC(F)(F)F)c(F)c3)nn12.Fc1cc(-c2ccc3nnc(C(F)(F)Cl)n3n2)cnc1OCC(F)(F)F. The summed E-state index contributed by atoms with van der Waals surface area (Å²) in [4.78, 5) is 6.92. The van der Waals surface area contributed by atoms with Crippen LogP contribution < -0.4 is 9.47 Å². The van der Waals surface area contributed by atoms with Gasteiger partial charge in [0, 0.05) is 23.5 Å². The molecule has 26 heteroatoms. The maximum absolute atomic E-state index is 14.0. The number of fused-ring (bicyclic) bond motifs is 2. The predicted molar refractivity (Wildman–Crippen MR) is 170 cm³/mol. The van der Waals surface area contributed by atoms with E-state index in [0.29, 0.717) is 4.52 Å². The minimum absolute atomic E-state index is 0. The third-order valence-corrected chi connectivity index (χ3v) is 6.49. The van der Waals surface area contributed by atoms with Gasteiger partial charge in [-0.05, 0) is 54.9 Å². The summed E-state index contributed by atoms with van der Waals surface area (Å²) in [5.74, 6) is -5.90. The molecular weight excluding hydrogens is 812 g/mol. The number of rotatable bonds is 10. The summed E-state index contributed by atoms with van der Waals surface area (Å²) < 4.78 is 169. The highest BCUT2D eigenvalue weighted by Gasteiger charge is 2.39. The molecular formula is C30H25ClF12N10O3. The van der Waals surface area contributed by atoms with Crippen molar-refractivity contribution in [3.8, 4) is 34.3 Å². The lowest BCUT2D eigenvalue weighted by atomic mass is 10.2. The van der Waals surface area contributed by atoms with Crippen LogP contribution in [0.25, 0.3) is 33.8 Å². The molecule has 6 heterocycles. The second kappa shape index (κ2) is 17.1. The molecule has 304 valence electrons. The van der Waals surface area contributed by atoms with E-state index in [1.54, 1.807) is 0 Å². The Labute approximate surface area is 311 Å². The standard InChI is InChI=1S/C15H11F6N5O2.C13H6ClF6N5O.2CH4/c1-2-28-15(20,21)13-24-23-11-4-3-10(25-26(11)13)8-5-9(16)12(22-6-8)27-7-14(17,18)19;14-13(19,20)11-23-22-9-2-1-8(24-25(9)11)6-3-7(15)10(21-4-6)26-5-12(16,17)18;;/h3-6H,2,7H2,1H3;1-4H,5H2;2*1H4. The van der Waals surface area contributed by atoms with Crippen LogP contribution in [0.2, 0.25) is 0 Å². The molecule has 56 heavy (non-hydrogen) atoms. The van der Waals surface area contributed by atoms with E-state index in [2.05, 4.69) is 54.8 Å². The number of ether oxygens (including phenoxy) is 3. The van der Waals surface area contributed by atoms with Gasteiger partial charge in [0.2, 0.25) is 5.82 Å². The zero-order valence-electron chi connectivity index (χ0n) is 26.4. The first-order chi connectivity index (χ1) is 25.1. The van der Waals surface area contributed by atoms with E-state index >= 15 is 0 Å². The van der Waals surface area contributed by atoms with Crippen molar-refractivity contribution in [1.29, 1.82) is 0 Å². The van der Waals surface area contributed by atoms with Crippen LogP contribution in [0, 0.1) is 11.6 Å². The number of halogens is 13. The summed E-state index contributed by atoms with van der Waals surface area (Å²) in [6.07, 6.45) is -11.1. The predicted octanol–water partition coefficient (Wildman–Crippen LogP) is 8.18. The van der Waals surface area contributed by atoms with Gasteiger partial charge in [0.25, 0.3) is 17.6 Å². The van der Waals surface area contributed by atoms with Crippen LogP contribution in [0.15, 0.2) is 48.8 Å². The third kappa shape index (κ3) is 10.8. The Morgan fingerprint density at radius 3 is 1.41 bits per heavy atom. The second-order valence-corrected chi connectivity index (χ2v) is 10.8. The largest absolute Gasteiger partial charge is 0.466 e. The zero-order valence-corrected chi connectivity index (χ0v) is 27.1. The summed E-state index contributed by atoms with van der Waals surface area (Å²) in [6, 6.07) is 6.83. The van der Waals surface area contributed by atoms with Gasteiger partial charge in [0.15, 0.2) is 36.1 Å². The molecule has 0 radical (unpaired) electrons. The van der Waals surface area contributed by atoms with Crippen LogP contribution in [0.1, 0.15) is 33.4 Å². The molecule has 0 aliphatic heterocycles. The van der Waals surface area contributed by atoms with E-state index in [1.807, 2.05) is 0 Å². The molecule has 6 aromatic rings. The molecule has 0 aromatic carbocycles. The number of nitrogens with zero attached hydrogens (tertiary/aromatic N) is 10. The van der Waals surface area contributed by atoms with Gasteiger partial charge in [-0.15, -0.1) is 20.4 Å². The van der Waals surface area contributed by atoms with Gasteiger partial charge in [-0.25, -0.2) is 18.7 Å². The Morgan fingerprint density at radius 2 is 1.04 bits per heavy atom. The van der Waals surface area contributed by atoms with Gasteiger partial charge in [0.1, 0.15) is 0 Å². The molecule has 6 aromatic heterocycles. The van der Waals surface area contributed by atoms with E-state index in [9.17, 15) is 52.7 Å². The summed E-state index contributed by atoms with van der Waals surface area (Å²) in [7, 11) is 0. The molecule has 0 saturated heterocycles. The fourth-order valence-corrected chi connectivity index (χ4v) is 4.25. The average molecular weight is 837 g/mol. The third-order valence-electron chi connectivity index (χ3n) is 6.32. The molecule has 0 aliphatic rings.